The number of hydrogen-bond donors (Lipinski definition) is 2. The van der Waals surface area contributed by atoms with Crippen LogP contribution in [0, 0.1) is 11.7 Å². The van der Waals surface area contributed by atoms with Gasteiger partial charge in [0.25, 0.3) is 0 Å². The molecule has 0 aromatic heterocycles. The zero-order chi connectivity index (χ0) is 19.6. The predicted molar refractivity (Wildman–Crippen MR) is 100 cm³/mol. The first-order chi connectivity index (χ1) is 12.9. The summed E-state index contributed by atoms with van der Waals surface area (Å²) < 4.78 is 13.4. The van der Waals surface area contributed by atoms with E-state index in [1.165, 1.54) is 6.07 Å². The molecular weight excluding hydrogens is 373 g/mol. The highest BCUT2D eigenvalue weighted by Gasteiger charge is 2.39. The minimum absolute atomic E-state index is 0.0914. The quantitative estimate of drug-likeness (QED) is 0.787. The van der Waals surface area contributed by atoms with Crippen LogP contribution in [0.1, 0.15) is 12.5 Å². The maximum Gasteiger partial charge on any atom is 0.328 e. The van der Waals surface area contributed by atoms with Gasteiger partial charge in [-0.25, -0.2) is 14.1 Å². The number of anilines is 2. The van der Waals surface area contributed by atoms with E-state index in [0.717, 1.165) is 29.0 Å². The molecule has 3 rings (SSSR count). The van der Waals surface area contributed by atoms with Crippen molar-refractivity contribution in [2.24, 2.45) is 5.92 Å². The Hall–Kier alpha value is -2.93. The van der Waals surface area contributed by atoms with Crippen LogP contribution in [0.25, 0.3) is 0 Å². The number of halogens is 2. The maximum absolute atomic E-state index is 13.4. The third kappa shape index (κ3) is 3.93. The molecule has 0 spiro atoms. The fourth-order valence-corrected chi connectivity index (χ4v) is 2.91. The van der Waals surface area contributed by atoms with Crippen molar-refractivity contribution in [3.63, 3.8) is 0 Å². The number of carbonyl (C=O) groups is 3. The third-order valence-electron chi connectivity index (χ3n) is 4.29. The lowest BCUT2D eigenvalue weighted by Gasteiger charge is -2.30. The van der Waals surface area contributed by atoms with E-state index in [2.05, 4.69) is 10.6 Å². The summed E-state index contributed by atoms with van der Waals surface area (Å²) in [6, 6.07) is 10.0. The Kier molecular flexibility index (Phi) is 5.41. The molecule has 27 heavy (non-hydrogen) atoms. The van der Waals surface area contributed by atoms with Crippen LogP contribution in [0.15, 0.2) is 42.5 Å². The van der Waals surface area contributed by atoms with E-state index in [4.69, 9.17) is 11.6 Å². The van der Waals surface area contributed by atoms with Gasteiger partial charge in [0.05, 0.1) is 10.7 Å². The van der Waals surface area contributed by atoms with Gasteiger partial charge in [-0.3, -0.25) is 9.59 Å². The number of imide groups is 1. The molecule has 0 saturated carbocycles. The number of benzene rings is 2. The normalized spacial score (nSPS) is 16.9. The maximum atomic E-state index is 13.4. The number of carbonyl (C=O) groups excluding carboxylic acids is 3. The summed E-state index contributed by atoms with van der Waals surface area (Å²) in [5, 5.41) is 4.95. The summed E-state index contributed by atoms with van der Waals surface area (Å²) >= 11 is 5.74. The van der Waals surface area contributed by atoms with Gasteiger partial charge < -0.3 is 10.6 Å². The fourth-order valence-electron chi connectivity index (χ4n) is 2.74. The van der Waals surface area contributed by atoms with Crippen LogP contribution in [0.5, 0.6) is 0 Å². The van der Waals surface area contributed by atoms with Crippen LogP contribution in [-0.2, 0) is 16.0 Å². The molecule has 2 N–H and O–H groups in total. The van der Waals surface area contributed by atoms with E-state index < -0.39 is 29.6 Å². The van der Waals surface area contributed by atoms with Crippen LogP contribution in [0.3, 0.4) is 0 Å². The average Bonchev–Trinajstić information content (AvgIpc) is 2.65. The van der Waals surface area contributed by atoms with E-state index in [-0.39, 0.29) is 17.3 Å². The Morgan fingerprint density at radius 3 is 2.59 bits per heavy atom. The minimum atomic E-state index is -1.11. The number of aryl methyl sites for hydroxylation is 1. The molecule has 8 heteroatoms. The van der Waals surface area contributed by atoms with E-state index in [0.29, 0.717) is 5.69 Å². The van der Waals surface area contributed by atoms with Gasteiger partial charge in [-0.05, 0) is 42.3 Å². The first-order valence-corrected chi connectivity index (χ1v) is 8.75. The summed E-state index contributed by atoms with van der Waals surface area (Å²) in [5.41, 5.74) is 1.76. The van der Waals surface area contributed by atoms with Crippen molar-refractivity contribution in [2.75, 3.05) is 16.8 Å². The lowest BCUT2D eigenvalue weighted by molar-refractivity contribution is -0.130. The van der Waals surface area contributed by atoms with Gasteiger partial charge in [-0.2, -0.15) is 0 Å². The van der Waals surface area contributed by atoms with Crippen molar-refractivity contribution in [3.8, 4) is 0 Å². The average molecular weight is 390 g/mol. The van der Waals surface area contributed by atoms with Gasteiger partial charge in [0, 0.05) is 12.2 Å². The fraction of sp³-hybridized carbons (Fsp3) is 0.211. The Morgan fingerprint density at radius 2 is 1.96 bits per heavy atom. The van der Waals surface area contributed by atoms with Crippen molar-refractivity contribution in [2.45, 2.75) is 13.3 Å². The van der Waals surface area contributed by atoms with Crippen LogP contribution < -0.4 is 15.5 Å². The Morgan fingerprint density at radius 1 is 1.26 bits per heavy atom. The lowest BCUT2D eigenvalue weighted by atomic mass is 10.0. The van der Waals surface area contributed by atoms with Crippen molar-refractivity contribution in [1.82, 2.24) is 5.32 Å². The molecule has 1 aliphatic heterocycles. The molecule has 1 unspecified atom stereocenters. The van der Waals surface area contributed by atoms with Crippen molar-refractivity contribution >= 4 is 40.8 Å². The SMILES string of the molecule is CCc1ccc(NC(=O)C2CNC(=O)N(c3ccc(F)c(Cl)c3)C2=O)cc1. The molecule has 0 radical (unpaired) electrons. The van der Waals surface area contributed by atoms with Crippen LogP contribution >= 0.6 is 11.6 Å². The highest BCUT2D eigenvalue weighted by molar-refractivity contribution is 6.31. The first kappa shape index (κ1) is 18.8. The van der Waals surface area contributed by atoms with Gasteiger partial charge in [-0.15, -0.1) is 0 Å². The molecule has 0 aliphatic carbocycles. The van der Waals surface area contributed by atoms with Gasteiger partial charge >= 0.3 is 6.03 Å². The zero-order valence-electron chi connectivity index (χ0n) is 14.5. The number of nitrogens with zero attached hydrogens (tertiary/aromatic N) is 1. The number of nitrogens with one attached hydrogen (secondary N) is 2. The molecule has 4 amide bonds. The summed E-state index contributed by atoms with van der Waals surface area (Å²) in [4.78, 5) is 38.2. The van der Waals surface area contributed by atoms with Crippen LogP contribution in [0.2, 0.25) is 5.02 Å². The summed E-state index contributed by atoms with van der Waals surface area (Å²) in [6.07, 6.45) is 0.872. The van der Waals surface area contributed by atoms with E-state index in [1.54, 1.807) is 12.1 Å². The van der Waals surface area contributed by atoms with E-state index in [9.17, 15) is 18.8 Å². The van der Waals surface area contributed by atoms with Crippen molar-refractivity contribution in [3.05, 3.63) is 58.9 Å². The van der Waals surface area contributed by atoms with Gasteiger partial charge in [-0.1, -0.05) is 30.7 Å². The van der Waals surface area contributed by atoms with E-state index in [1.807, 2.05) is 19.1 Å². The number of amides is 4. The van der Waals surface area contributed by atoms with Crippen molar-refractivity contribution < 1.29 is 18.8 Å². The molecule has 6 nitrogen and oxygen atoms in total. The second kappa shape index (κ2) is 7.75. The van der Waals surface area contributed by atoms with Crippen LogP contribution in [-0.4, -0.2) is 24.4 Å². The molecule has 1 atom stereocenters. The number of urea groups is 1. The molecule has 1 aliphatic rings. The topological polar surface area (TPSA) is 78.5 Å². The first-order valence-electron chi connectivity index (χ1n) is 8.37. The second-order valence-electron chi connectivity index (χ2n) is 6.05. The number of rotatable bonds is 4. The number of hydrogen-bond acceptors (Lipinski definition) is 3. The van der Waals surface area contributed by atoms with Gasteiger partial charge in [0.2, 0.25) is 11.8 Å². The highest BCUT2D eigenvalue weighted by Crippen LogP contribution is 2.26. The predicted octanol–water partition coefficient (Wildman–Crippen LogP) is 3.35. The van der Waals surface area contributed by atoms with E-state index >= 15 is 0 Å². The summed E-state index contributed by atoms with van der Waals surface area (Å²) in [7, 11) is 0. The second-order valence-corrected chi connectivity index (χ2v) is 6.46. The Bertz CT molecular complexity index is 902. The Balaban J connectivity index is 1.79. The van der Waals surface area contributed by atoms with Gasteiger partial charge in [0.15, 0.2) is 0 Å². The lowest BCUT2D eigenvalue weighted by Crippen LogP contribution is -2.58. The third-order valence-corrected chi connectivity index (χ3v) is 4.58. The smallest absolute Gasteiger partial charge is 0.328 e. The highest BCUT2D eigenvalue weighted by atomic mass is 35.5. The molecule has 1 heterocycles. The van der Waals surface area contributed by atoms with Crippen LogP contribution in [0.4, 0.5) is 20.6 Å². The van der Waals surface area contributed by atoms with Gasteiger partial charge in [0.1, 0.15) is 11.7 Å². The minimum Gasteiger partial charge on any atom is -0.336 e. The molecular formula is C19H17ClFN3O3. The molecule has 2 aromatic rings. The molecule has 140 valence electrons. The zero-order valence-corrected chi connectivity index (χ0v) is 15.2. The Labute approximate surface area is 160 Å². The molecule has 1 saturated heterocycles. The molecule has 2 aromatic carbocycles. The standard InChI is InChI=1S/C19H17ClFN3O3/c1-2-11-3-5-12(6-4-11)23-17(25)14-10-22-19(27)24(18(14)26)13-7-8-16(21)15(20)9-13/h3-9,14H,2,10H2,1H3,(H,22,27)(H,23,25). The monoisotopic (exact) mass is 389 g/mol. The largest absolute Gasteiger partial charge is 0.336 e. The molecule has 1 fully saturated rings. The molecule has 0 bridgehead atoms. The summed E-state index contributed by atoms with van der Waals surface area (Å²) in [6.45, 7) is 1.90. The van der Waals surface area contributed by atoms with Crippen molar-refractivity contribution in [1.29, 1.82) is 0 Å². The summed E-state index contributed by atoms with van der Waals surface area (Å²) in [5.74, 6) is -3.03.